The molecule has 1 unspecified atom stereocenters. The van der Waals surface area contributed by atoms with E-state index in [1.54, 1.807) is 6.92 Å². The first-order chi connectivity index (χ1) is 7.88. The number of primary amides is 1. The number of nitro groups is 1. The number of aryl methyl sites for hydroxylation is 1. The van der Waals surface area contributed by atoms with Crippen LogP contribution in [0.2, 0.25) is 0 Å². The molecule has 17 heavy (non-hydrogen) atoms. The van der Waals surface area contributed by atoms with E-state index in [-0.39, 0.29) is 11.3 Å². The van der Waals surface area contributed by atoms with Crippen LogP contribution in [0, 0.1) is 17.0 Å². The minimum Gasteiger partial charge on any atom is -0.368 e. The minimum atomic E-state index is -0.860. The van der Waals surface area contributed by atoms with Crippen LogP contribution in [0.3, 0.4) is 0 Å². The zero-order chi connectivity index (χ0) is 13.2. The van der Waals surface area contributed by atoms with Gasteiger partial charge in [0.05, 0.1) is 11.1 Å². The van der Waals surface area contributed by atoms with Gasteiger partial charge in [-0.25, -0.2) is 0 Å². The van der Waals surface area contributed by atoms with Crippen molar-refractivity contribution in [1.82, 2.24) is 4.57 Å². The summed E-state index contributed by atoms with van der Waals surface area (Å²) < 4.78 is 1.02. The molecule has 7 nitrogen and oxygen atoms in total. The van der Waals surface area contributed by atoms with E-state index < -0.39 is 22.4 Å². The molecule has 0 fully saturated rings. The van der Waals surface area contributed by atoms with Crippen molar-refractivity contribution in [2.75, 3.05) is 0 Å². The molecule has 0 aromatic carbocycles. The molecule has 0 radical (unpaired) electrons. The molecule has 1 aromatic rings. The second-order valence-electron chi connectivity index (χ2n) is 3.68. The van der Waals surface area contributed by atoms with Crippen molar-refractivity contribution in [1.29, 1.82) is 0 Å². The van der Waals surface area contributed by atoms with Crippen molar-refractivity contribution in [2.45, 2.75) is 26.3 Å². The summed E-state index contributed by atoms with van der Waals surface area (Å²) in [6.07, 6.45) is 1.35. The van der Waals surface area contributed by atoms with Crippen molar-refractivity contribution in [3.8, 4) is 0 Å². The summed E-state index contributed by atoms with van der Waals surface area (Å²) in [5, 5.41) is 10.7. The molecule has 0 saturated heterocycles. The molecule has 0 bridgehead atoms. The predicted molar refractivity (Wildman–Crippen MR) is 60.6 cm³/mol. The number of hydrogen-bond donors (Lipinski definition) is 1. The Morgan fingerprint density at radius 3 is 2.65 bits per heavy atom. The Kier molecular flexibility index (Phi) is 3.62. The molecular formula is C10H13N3O4. The van der Waals surface area contributed by atoms with Crippen LogP contribution in [0.5, 0.6) is 0 Å². The fourth-order valence-electron chi connectivity index (χ4n) is 1.59. The van der Waals surface area contributed by atoms with Gasteiger partial charge in [-0.2, -0.15) is 0 Å². The van der Waals surface area contributed by atoms with E-state index in [1.165, 1.54) is 13.0 Å². The lowest BCUT2D eigenvalue weighted by Gasteiger charge is -2.14. The fraction of sp³-hybridized carbons (Fsp3) is 0.400. The van der Waals surface area contributed by atoms with Crippen molar-refractivity contribution in [3.05, 3.63) is 38.3 Å². The standard InChI is InChI=1S/C10H13N3O4/c1-3-8(9(11)14)12-5-7(13(16)17)4-6(2)10(12)15/h4-5,8H,3H2,1-2H3,(H2,11,14). The molecule has 2 N–H and O–H groups in total. The molecule has 0 spiro atoms. The molecular weight excluding hydrogens is 226 g/mol. The highest BCUT2D eigenvalue weighted by atomic mass is 16.6. The summed E-state index contributed by atoms with van der Waals surface area (Å²) in [5.74, 6) is -0.686. The lowest BCUT2D eigenvalue weighted by molar-refractivity contribution is -0.385. The first-order valence-corrected chi connectivity index (χ1v) is 5.05. The Balaban J connectivity index is 3.46. The van der Waals surface area contributed by atoms with Crippen LogP contribution < -0.4 is 11.3 Å². The van der Waals surface area contributed by atoms with Gasteiger partial charge in [0.15, 0.2) is 0 Å². The summed E-state index contributed by atoms with van der Waals surface area (Å²) in [7, 11) is 0. The number of hydrogen-bond acceptors (Lipinski definition) is 4. The summed E-state index contributed by atoms with van der Waals surface area (Å²) in [6.45, 7) is 3.13. The normalized spacial score (nSPS) is 12.1. The monoisotopic (exact) mass is 239 g/mol. The fourth-order valence-corrected chi connectivity index (χ4v) is 1.59. The minimum absolute atomic E-state index is 0.207. The first kappa shape index (κ1) is 12.9. The van der Waals surface area contributed by atoms with Gasteiger partial charge >= 0.3 is 0 Å². The molecule has 1 heterocycles. The molecule has 0 aliphatic carbocycles. The maximum Gasteiger partial charge on any atom is 0.286 e. The van der Waals surface area contributed by atoms with Crippen molar-refractivity contribution in [3.63, 3.8) is 0 Å². The highest BCUT2D eigenvalue weighted by Crippen LogP contribution is 2.15. The van der Waals surface area contributed by atoms with Gasteiger partial charge in [-0.1, -0.05) is 6.92 Å². The Morgan fingerprint density at radius 2 is 2.24 bits per heavy atom. The Bertz CT molecular complexity index is 521. The zero-order valence-corrected chi connectivity index (χ0v) is 9.54. The molecule has 0 aliphatic rings. The number of nitrogens with two attached hydrogens (primary N) is 1. The molecule has 0 saturated carbocycles. The lowest BCUT2D eigenvalue weighted by atomic mass is 10.2. The zero-order valence-electron chi connectivity index (χ0n) is 9.54. The average Bonchev–Trinajstić information content (AvgIpc) is 2.24. The molecule has 0 aliphatic heterocycles. The van der Waals surface area contributed by atoms with Crippen LogP contribution in [-0.2, 0) is 4.79 Å². The van der Waals surface area contributed by atoms with Gasteiger partial charge < -0.3 is 5.73 Å². The Hall–Kier alpha value is -2.18. The number of nitrogens with zero attached hydrogens (tertiary/aromatic N) is 2. The highest BCUT2D eigenvalue weighted by molar-refractivity contribution is 5.78. The van der Waals surface area contributed by atoms with E-state index in [4.69, 9.17) is 5.73 Å². The smallest absolute Gasteiger partial charge is 0.286 e. The Labute approximate surface area is 97.0 Å². The lowest BCUT2D eigenvalue weighted by Crippen LogP contribution is -2.34. The summed E-state index contributed by atoms with van der Waals surface area (Å²) >= 11 is 0. The SMILES string of the molecule is CCC(C(N)=O)n1cc([N+](=O)[O-])cc(C)c1=O. The number of aromatic nitrogens is 1. The topological polar surface area (TPSA) is 108 Å². The molecule has 1 rings (SSSR count). The van der Waals surface area contributed by atoms with Crippen molar-refractivity contribution in [2.24, 2.45) is 5.73 Å². The van der Waals surface area contributed by atoms with Crippen molar-refractivity contribution < 1.29 is 9.72 Å². The van der Waals surface area contributed by atoms with Crippen LogP contribution in [0.15, 0.2) is 17.1 Å². The van der Waals surface area contributed by atoms with Crippen LogP contribution >= 0.6 is 0 Å². The molecule has 92 valence electrons. The van der Waals surface area contributed by atoms with E-state index in [0.29, 0.717) is 6.42 Å². The highest BCUT2D eigenvalue weighted by Gasteiger charge is 2.20. The van der Waals surface area contributed by atoms with Gasteiger partial charge in [-0.05, 0) is 13.3 Å². The van der Waals surface area contributed by atoms with E-state index in [1.807, 2.05) is 0 Å². The van der Waals surface area contributed by atoms with E-state index >= 15 is 0 Å². The molecule has 7 heteroatoms. The van der Waals surface area contributed by atoms with E-state index in [9.17, 15) is 19.7 Å². The quantitative estimate of drug-likeness (QED) is 0.609. The van der Waals surface area contributed by atoms with Gasteiger partial charge in [0.25, 0.3) is 11.2 Å². The molecule has 1 aromatic heterocycles. The van der Waals surface area contributed by atoms with Gasteiger partial charge in [-0.3, -0.25) is 24.3 Å². The number of amides is 1. The van der Waals surface area contributed by atoms with Crippen LogP contribution in [0.1, 0.15) is 24.9 Å². The summed E-state index contributed by atoms with van der Waals surface area (Å²) in [5.41, 5.74) is 4.69. The summed E-state index contributed by atoms with van der Waals surface area (Å²) in [6, 6.07) is 0.313. The maximum atomic E-state index is 11.8. The average molecular weight is 239 g/mol. The number of pyridine rings is 1. The van der Waals surface area contributed by atoms with Gasteiger partial charge in [0, 0.05) is 11.6 Å². The maximum absolute atomic E-state index is 11.8. The van der Waals surface area contributed by atoms with Crippen molar-refractivity contribution >= 4 is 11.6 Å². The first-order valence-electron chi connectivity index (χ1n) is 5.05. The second-order valence-corrected chi connectivity index (χ2v) is 3.68. The number of rotatable bonds is 4. The van der Waals surface area contributed by atoms with E-state index in [2.05, 4.69) is 0 Å². The van der Waals surface area contributed by atoms with Crippen LogP contribution in [0.25, 0.3) is 0 Å². The number of carbonyl (C=O) groups is 1. The summed E-state index contributed by atoms with van der Waals surface area (Å²) in [4.78, 5) is 33.0. The third-order valence-electron chi connectivity index (χ3n) is 2.47. The predicted octanol–water partition coefficient (Wildman–Crippen LogP) is 0.501. The van der Waals surface area contributed by atoms with Crippen LogP contribution in [-0.4, -0.2) is 15.4 Å². The van der Waals surface area contributed by atoms with Gasteiger partial charge in [-0.15, -0.1) is 0 Å². The number of carbonyl (C=O) groups excluding carboxylic acids is 1. The molecule has 1 atom stereocenters. The van der Waals surface area contributed by atoms with E-state index in [0.717, 1.165) is 10.8 Å². The Morgan fingerprint density at radius 1 is 1.65 bits per heavy atom. The van der Waals surface area contributed by atoms with Gasteiger partial charge in [0.1, 0.15) is 6.04 Å². The van der Waals surface area contributed by atoms with Gasteiger partial charge in [0.2, 0.25) is 5.91 Å². The molecule has 1 amide bonds. The van der Waals surface area contributed by atoms with Crippen LogP contribution in [0.4, 0.5) is 5.69 Å². The third-order valence-corrected chi connectivity index (χ3v) is 2.47. The third kappa shape index (κ3) is 2.49. The second kappa shape index (κ2) is 4.77. The largest absolute Gasteiger partial charge is 0.368 e.